The fourth-order valence-electron chi connectivity index (χ4n) is 6.18. The van der Waals surface area contributed by atoms with Crippen molar-refractivity contribution in [1.29, 1.82) is 0 Å². The molecule has 0 atom stereocenters. The van der Waals surface area contributed by atoms with Gasteiger partial charge in [-0.05, 0) is 106 Å². The number of amides is 1. The van der Waals surface area contributed by atoms with E-state index in [0.717, 1.165) is 79.9 Å². The van der Waals surface area contributed by atoms with E-state index in [1.807, 2.05) is 48.5 Å². The minimum absolute atomic E-state index is 0.0598. The van der Waals surface area contributed by atoms with Gasteiger partial charge in [0, 0.05) is 43.3 Å². The van der Waals surface area contributed by atoms with Crippen molar-refractivity contribution in [3.8, 4) is 28.8 Å². The maximum atomic E-state index is 11.1. The van der Waals surface area contributed by atoms with Gasteiger partial charge in [-0.2, -0.15) is 0 Å². The van der Waals surface area contributed by atoms with E-state index >= 15 is 0 Å². The Bertz CT molecular complexity index is 1880. The van der Waals surface area contributed by atoms with Crippen molar-refractivity contribution in [2.24, 2.45) is 0 Å². The topological polar surface area (TPSA) is 129 Å². The van der Waals surface area contributed by atoms with Crippen LogP contribution in [0.5, 0.6) is 5.88 Å². The van der Waals surface area contributed by atoms with Crippen LogP contribution in [0.1, 0.15) is 43.2 Å². The number of rotatable bonds is 7. The van der Waals surface area contributed by atoms with Gasteiger partial charge in [0.1, 0.15) is 17.4 Å². The Labute approximate surface area is 268 Å². The number of benzene rings is 1. The van der Waals surface area contributed by atoms with E-state index in [2.05, 4.69) is 44.7 Å². The van der Waals surface area contributed by atoms with Gasteiger partial charge in [0.2, 0.25) is 11.8 Å². The van der Waals surface area contributed by atoms with Crippen LogP contribution < -0.4 is 15.8 Å². The smallest absolute Gasteiger partial charge is 0.245 e. The van der Waals surface area contributed by atoms with Crippen LogP contribution in [0, 0.1) is 0 Å². The number of nitrogens with one attached hydrogen (secondary N) is 1. The third kappa shape index (κ3) is 6.10. The van der Waals surface area contributed by atoms with Crippen molar-refractivity contribution in [3.63, 3.8) is 0 Å². The summed E-state index contributed by atoms with van der Waals surface area (Å²) in [6.45, 7) is 5.18. The highest BCUT2D eigenvalue weighted by Crippen LogP contribution is 2.33. The second-order valence-corrected chi connectivity index (χ2v) is 12.0. The van der Waals surface area contributed by atoms with Crippen molar-refractivity contribution in [2.45, 2.75) is 57.1 Å². The summed E-state index contributed by atoms with van der Waals surface area (Å²) in [7, 11) is 1.97. The summed E-state index contributed by atoms with van der Waals surface area (Å²) in [5.74, 6) is 2.55. The van der Waals surface area contributed by atoms with Crippen molar-refractivity contribution in [2.75, 3.05) is 25.9 Å². The lowest BCUT2D eigenvalue weighted by Crippen LogP contribution is -2.43. The van der Waals surface area contributed by atoms with E-state index in [9.17, 15) is 4.79 Å². The molecule has 236 valence electrons. The van der Waals surface area contributed by atoms with Crippen molar-refractivity contribution in [1.82, 2.24) is 39.5 Å². The Morgan fingerprint density at radius 3 is 2.63 bits per heavy atom. The number of carbonyl (C=O) groups excluding carboxylic acids is 1. The van der Waals surface area contributed by atoms with Crippen LogP contribution in [-0.2, 0) is 17.6 Å². The van der Waals surface area contributed by atoms with Crippen molar-refractivity contribution in [3.05, 3.63) is 84.7 Å². The summed E-state index contributed by atoms with van der Waals surface area (Å²) in [4.78, 5) is 27.2. The molecule has 0 radical (unpaired) electrons. The lowest BCUT2D eigenvalue weighted by atomic mass is 10.1. The molecule has 8 rings (SSSR count). The van der Waals surface area contributed by atoms with Gasteiger partial charge in [0.15, 0.2) is 17.3 Å². The van der Waals surface area contributed by atoms with E-state index in [-0.39, 0.29) is 5.91 Å². The Morgan fingerprint density at radius 2 is 1.87 bits per heavy atom. The molecule has 11 heteroatoms. The van der Waals surface area contributed by atoms with Gasteiger partial charge in [-0.3, -0.25) is 9.36 Å². The van der Waals surface area contributed by atoms with Gasteiger partial charge in [0.05, 0.1) is 5.56 Å². The number of nitrogen functional groups attached to an aromatic ring is 1. The zero-order valence-corrected chi connectivity index (χ0v) is 26.1. The van der Waals surface area contributed by atoms with Gasteiger partial charge < -0.3 is 20.7 Å². The zero-order chi connectivity index (χ0) is 31.6. The molecule has 1 saturated heterocycles. The van der Waals surface area contributed by atoms with Crippen LogP contribution in [-0.4, -0.2) is 72.4 Å². The Balaban J connectivity index is 0.000000240. The molecule has 3 N–H and O–H groups in total. The molecule has 5 heterocycles. The fraction of sp³-hybridized carbons (Fsp3) is 0.343. The quantitative estimate of drug-likeness (QED) is 0.252. The summed E-state index contributed by atoms with van der Waals surface area (Å²) >= 11 is 0. The number of likely N-dealkylation sites (tertiary alicyclic amines) is 1. The predicted octanol–water partition coefficient (Wildman–Crippen LogP) is 4.66. The molecule has 1 amide bonds. The highest BCUT2D eigenvalue weighted by molar-refractivity contribution is 5.87. The zero-order valence-electron chi connectivity index (χ0n) is 26.1. The lowest BCUT2D eigenvalue weighted by molar-refractivity contribution is -0.127. The fourth-order valence-corrected chi connectivity index (χ4v) is 6.18. The molecule has 5 aromatic rings. The van der Waals surface area contributed by atoms with Gasteiger partial charge >= 0.3 is 0 Å². The SMILES string of the molecule is C=CC(=O)N1CCC(NC)CC1.Nc1ncccc1-c1nc2ccc(-n3ccc(OC4CC4)n3)nc2n1-c1ccc2c(c1)CCC2. The number of aryl methyl sites for hydroxylation is 2. The molecule has 46 heavy (non-hydrogen) atoms. The van der Waals surface area contributed by atoms with Crippen LogP contribution in [0.25, 0.3) is 34.1 Å². The number of imidazole rings is 1. The van der Waals surface area contributed by atoms with Gasteiger partial charge in [-0.25, -0.2) is 19.6 Å². The van der Waals surface area contributed by atoms with Crippen LogP contribution in [0.3, 0.4) is 0 Å². The third-order valence-corrected chi connectivity index (χ3v) is 8.91. The predicted molar refractivity (Wildman–Crippen MR) is 178 cm³/mol. The average Bonchev–Trinajstić information content (AvgIpc) is 3.43. The number of hydrogen-bond acceptors (Lipinski definition) is 8. The van der Waals surface area contributed by atoms with Gasteiger partial charge in [-0.15, -0.1) is 5.10 Å². The summed E-state index contributed by atoms with van der Waals surface area (Å²) in [5, 5.41) is 7.79. The van der Waals surface area contributed by atoms with E-state index < -0.39 is 0 Å². The molecule has 0 spiro atoms. The van der Waals surface area contributed by atoms with E-state index in [0.29, 0.717) is 29.7 Å². The first kappa shape index (κ1) is 29.7. The number of pyridine rings is 2. The molecule has 1 aliphatic heterocycles. The summed E-state index contributed by atoms with van der Waals surface area (Å²) in [5.41, 5.74) is 12.4. The second kappa shape index (κ2) is 12.8. The van der Waals surface area contributed by atoms with Crippen LogP contribution in [0.2, 0.25) is 0 Å². The molecule has 0 bridgehead atoms. The molecule has 3 aliphatic rings. The molecular formula is C35H39N9O2. The minimum atomic E-state index is 0.0598. The first-order valence-electron chi connectivity index (χ1n) is 16.0. The van der Waals surface area contributed by atoms with Gasteiger partial charge in [0.25, 0.3) is 0 Å². The number of nitrogens with zero attached hydrogens (tertiary/aromatic N) is 7. The van der Waals surface area contributed by atoms with E-state index in [4.69, 9.17) is 20.4 Å². The molecule has 1 aromatic carbocycles. The molecule has 2 aliphatic carbocycles. The number of nitrogens with two attached hydrogens (primary N) is 1. The largest absolute Gasteiger partial charge is 0.473 e. The Kier molecular flexibility index (Phi) is 8.23. The number of ether oxygens (including phenoxy) is 1. The standard InChI is InChI=1S/C26H23N7O.C9H16N2O/c27-24-20(5-2-13-28-24)25-29-21-10-11-22(32-14-12-23(31-32)34-19-8-9-19)30-26(21)33(25)18-7-6-16-3-1-4-17(16)15-18;1-3-9(12)11-6-4-8(10-2)5-7-11/h2,5-7,10-15,19H,1,3-4,8-9H2,(H2,27,28);3,8,10H,1,4-7H2,2H3. The summed E-state index contributed by atoms with van der Waals surface area (Å²) in [6, 6.07) is 16.8. The number of aromatic nitrogens is 6. The van der Waals surface area contributed by atoms with E-state index in [1.54, 1.807) is 10.9 Å². The number of anilines is 1. The molecule has 0 unspecified atom stereocenters. The van der Waals surface area contributed by atoms with E-state index in [1.165, 1.54) is 23.6 Å². The monoisotopic (exact) mass is 617 g/mol. The third-order valence-electron chi connectivity index (χ3n) is 8.91. The lowest BCUT2D eigenvalue weighted by Gasteiger charge is -2.30. The molecular weight excluding hydrogens is 578 g/mol. The van der Waals surface area contributed by atoms with Crippen LogP contribution in [0.15, 0.2) is 73.6 Å². The first-order valence-corrected chi connectivity index (χ1v) is 16.0. The molecule has 4 aromatic heterocycles. The number of hydrogen-bond donors (Lipinski definition) is 2. The van der Waals surface area contributed by atoms with Crippen LogP contribution in [0.4, 0.5) is 5.82 Å². The minimum Gasteiger partial charge on any atom is -0.473 e. The molecule has 11 nitrogen and oxygen atoms in total. The molecule has 1 saturated carbocycles. The second-order valence-electron chi connectivity index (χ2n) is 12.0. The average molecular weight is 618 g/mol. The first-order chi connectivity index (χ1) is 22.5. The van der Waals surface area contributed by atoms with Gasteiger partial charge in [-0.1, -0.05) is 12.6 Å². The van der Waals surface area contributed by atoms with Crippen molar-refractivity contribution >= 4 is 22.9 Å². The molecule has 2 fully saturated rings. The normalized spacial score (nSPS) is 16.2. The number of piperidine rings is 1. The van der Waals surface area contributed by atoms with Crippen LogP contribution >= 0.6 is 0 Å². The summed E-state index contributed by atoms with van der Waals surface area (Å²) in [6.07, 6.45) is 13.0. The number of carbonyl (C=O) groups is 1. The highest BCUT2D eigenvalue weighted by atomic mass is 16.5. The Hall–Kier alpha value is -5.03. The summed E-state index contributed by atoms with van der Waals surface area (Å²) < 4.78 is 9.65. The van der Waals surface area contributed by atoms with Crippen molar-refractivity contribution < 1.29 is 9.53 Å². The maximum absolute atomic E-state index is 11.1. The Morgan fingerprint density at radius 1 is 1.04 bits per heavy atom. The number of fused-ring (bicyclic) bond motifs is 2. The maximum Gasteiger partial charge on any atom is 0.245 e. The highest BCUT2D eigenvalue weighted by Gasteiger charge is 2.25.